The predicted octanol–water partition coefficient (Wildman–Crippen LogP) is 3.14. The smallest absolute Gasteiger partial charge is 0.332 e. The zero-order valence-corrected chi connectivity index (χ0v) is 7.93. The van der Waals surface area contributed by atoms with E-state index in [9.17, 15) is 52.7 Å². The number of aliphatic hydroxyl groups is 1. The van der Waals surface area contributed by atoms with Crippen LogP contribution in [0.5, 0.6) is 0 Å². The summed E-state index contributed by atoms with van der Waals surface area (Å²) >= 11 is 0. The molecule has 1 atom stereocenters. The van der Waals surface area contributed by atoms with E-state index in [0.29, 0.717) is 0 Å². The van der Waals surface area contributed by atoms with Crippen LogP contribution in [0.15, 0.2) is 0 Å². The van der Waals surface area contributed by atoms with Crippen molar-refractivity contribution in [3.05, 3.63) is 0 Å². The van der Waals surface area contributed by atoms with Crippen LogP contribution in [0.4, 0.5) is 52.7 Å². The molecule has 116 valence electrons. The monoisotopic (exact) mass is 319 g/mol. The predicted molar refractivity (Wildman–Crippen MR) is 31.0 cm³/mol. The molecule has 0 saturated carbocycles. The summed E-state index contributed by atoms with van der Waals surface area (Å²) in [7, 11) is 0. The van der Waals surface area contributed by atoms with E-state index in [-0.39, 0.29) is 0 Å². The summed E-state index contributed by atoms with van der Waals surface area (Å²) in [5, 5.41) is 7.50. The minimum atomic E-state index is -7.43. The zero-order chi connectivity index (χ0) is 16.1. The van der Waals surface area contributed by atoms with Crippen molar-refractivity contribution in [1.29, 1.82) is 0 Å². The number of halogens is 12. The lowest BCUT2D eigenvalue weighted by Crippen LogP contribution is -2.72. The Morgan fingerprint density at radius 3 is 0.895 bits per heavy atom. The molecule has 0 amide bonds. The molecule has 0 spiro atoms. The molecule has 2 nitrogen and oxygen atoms in total. The van der Waals surface area contributed by atoms with E-state index in [0.717, 1.165) is 0 Å². The first-order valence-corrected chi connectivity index (χ1v) is 3.66. The highest BCUT2D eigenvalue weighted by Gasteiger charge is 2.84. The van der Waals surface area contributed by atoms with Crippen molar-refractivity contribution in [3.8, 4) is 0 Å². The Morgan fingerprint density at radius 2 is 0.842 bits per heavy atom. The molecule has 0 aliphatic carbocycles. The van der Waals surface area contributed by atoms with Gasteiger partial charge in [0.25, 0.3) is 0 Å². The maximum Gasteiger partial charge on any atom is 0.470 e. The van der Waals surface area contributed by atoms with Gasteiger partial charge in [-0.2, -0.15) is 48.3 Å². The Hall–Kier alpha value is -0.920. The summed E-state index contributed by atoms with van der Waals surface area (Å²) < 4.78 is 143. The van der Waals surface area contributed by atoms with E-state index in [1.807, 2.05) is 0 Å². The number of alkyl halides is 12. The van der Waals surface area contributed by atoms with Crippen molar-refractivity contribution < 1.29 is 57.8 Å². The highest BCUT2D eigenvalue weighted by atomic mass is 19.4. The SMILES string of the molecule is OC(F)(F)C(F)(N(C(F)(F)F)C(F)(F)F)C(F)(F)F. The molecule has 19 heavy (non-hydrogen) atoms. The average Bonchev–Trinajstić information content (AvgIpc) is 1.92. The molecule has 0 rings (SSSR count). The third kappa shape index (κ3) is 3.16. The molecule has 0 aromatic carbocycles. The lowest BCUT2D eigenvalue weighted by Gasteiger charge is -2.41. The molecule has 1 unspecified atom stereocenters. The van der Waals surface area contributed by atoms with Gasteiger partial charge in [-0.15, -0.1) is 0 Å². The molecule has 0 saturated heterocycles. The van der Waals surface area contributed by atoms with E-state index < -0.39 is 35.6 Å². The third-order valence-corrected chi connectivity index (χ3v) is 1.59. The van der Waals surface area contributed by atoms with Crippen LogP contribution in [-0.4, -0.2) is 40.7 Å². The van der Waals surface area contributed by atoms with Gasteiger partial charge >= 0.3 is 30.7 Å². The summed E-state index contributed by atoms with van der Waals surface area (Å²) in [4.78, 5) is -4.06. The molecule has 0 heterocycles. The minimum Gasteiger partial charge on any atom is -0.332 e. The molecule has 0 radical (unpaired) electrons. The summed E-state index contributed by atoms with van der Waals surface area (Å²) in [6.45, 7) is 0. The van der Waals surface area contributed by atoms with Crippen molar-refractivity contribution in [2.24, 2.45) is 0 Å². The first-order valence-electron chi connectivity index (χ1n) is 3.66. The largest absolute Gasteiger partial charge is 0.470 e. The summed E-state index contributed by atoms with van der Waals surface area (Å²) in [6.07, 6.45) is -28.9. The summed E-state index contributed by atoms with van der Waals surface area (Å²) in [5.74, 6) is -7.43. The summed E-state index contributed by atoms with van der Waals surface area (Å²) in [6, 6.07) is 0. The normalized spacial score (nSPS) is 18.6. The van der Waals surface area contributed by atoms with Gasteiger partial charge in [-0.1, -0.05) is 4.90 Å². The van der Waals surface area contributed by atoms with E-state index in [2.05, 4.69) is 0 Å². The van der Waals surface area contributed by atoms with Crippen molar-refractivity contribution in [2.75, 3.05) is 0 Å². The molecule has 0 fully saturated rings. The second kappa shape index (κ2) is 4.29. The Kier molecular flexibility index (Phi) is 4.08. The fourth-order valence-electron chi connectivity index (χ4n) is 0.925. The number of rotatable bonds is 2. The molecule has 0 aromatic heterocycles. The lowest BCUT2D eigenvalue weighted by molar-refractivity contribution is -0.508. The van der Waals surface area contributed by atoms with Crippen LogP contribution in [0.1, 0.15) is 0 Å². The Morgan fingerprint density at radius 1 is 0.579 bits per heavy atom. The first kappa shape index (κ1) is 18.1. The maximum absolute atomic E-state index is 12.8. The van der Waals surface area contributed by atoms with Crippen LogP contribution in [0, 0.1) is 0 Å². The van der Waals surface area contributed by atoms with Crippen LogP contribution >= 0.6 is 0 Å². The molecule has 0 bridgehead atoms. The quantitative estimate of drug-likeness (QED) is 0.624. The van der Waals surface area contributed by atoms with Crippen molar-refractivity contribution in [3.63, 3.8) is 0 Å². The molecular formula is C5HF12NO. The van der Waals surface area contributed by atoms with Crippen molar-refractivity contribution in [2.45, 2.75) is 30.7 Å². The zero-order valence-electron chi connectivity index (χ0n) is 7.93. The van der Waals surface area contributed by atoms with Gasteiger partial charge < -0.3 is 5.11 Å². The van der Waals surface area contributed by atoms with Gasteiger partial charge in [0.1, 0.15) is 0 Å². The molecule has 1 N–H and O–H groups in total. The van der Waals surface area contributed by atoms with Crippen LogP contribution in [-0.2, 0) is 0 Å². The second-order valence-electron chi connectivity index (χ2n) is 2.93. The van der Waals surface area contributed by atoms with Crippen molar-refractivity contribution >= 4 is 0 Å². The highest BCUT2D eigenvalue weighted by Crippen LogP contribution is 2.53. The average molecular weight is 319 g/mol. The third-order valence-electron chi connectivity index (χ3n) is 1.59. The van der Waals surface area contributed by atoms with Crippen LogP contribution in [0.2, 0.25) is 0 Å². The number of nitrogens with zero attached hydrogens (tertiary/aromatic N) is 1. The molecule has 0 aromatic rings. The van der Waals surface area contributed by atoms with Gasteiger partial charge in [0, 0.05) is 0 Å². The molecule has 14 heteroatoms. The topological polar surface area (TPSA) is 23.5 Å². The van der Waals surface area contributed by atoms with Crippen LogP contribution in [0.25, 0.3) is 0 Å². The van der Waals surface area contributed by atoms with Gasteiger partial charge in [-0.05, 0) is 0 Å². The van der Waals surface area contributed by atoms with E-state index in [1.165, 1.54) is 0 Å². The Labute approximate surface area is 94.7 Å². The van der Waals surface area contributed by atoms with E-state index in [4.69, 9.17) is 5.11 Å². The summed E-state index contributed by atoms with van der Waals surface area (Å²) in [5.41, 5.74) is 0. The minimum absolute atomic E-state index is 4.06. The fraction of sp³-hybridized carbons (Fsp3) is 1.00. The maximum atomic E-state index is 12.8. The standard InChI is InChI=1S/C5HF12NO/c6-1(2(7,8)9,3(10,11)19)18(4(12,13)14)5(15,16)17/h19H. The van der Waals surface area contributed by atoms with E-state index in [1.54, 1.807) is 0 Å². The van der Waals surface area contributed by atoms with Crippen LogP contribution < -0.4 is 0 Å². The van der Waals surface area contributed by atoms with Crippen LogP contribution in [0.3, 0.4) is 0 Å². The molecule has 0 aliphatic rings. The van der Waals surface area contributed by atoms with E-state index >= 15 is 0 Å². The number of hydrogen-bond donors (Lipinski definition) is 1. The lowest BCUT2D eigenvalue weighted by atomic mass is 10.2. The van der Waals surface area contributed by atoms with Gasteiger partial charge in [0.05, 0.1) is 0 Å². The Bertz CT molecular complexity index is 291. The van der Waals surface area contributed by atoms with Gasteiger partial charge in [-0.25, -0.2) is 4.39 Å². The molecular weight excluding hydrogens is 318 g/mol. The van der Waals surface area contributed by atoms with Gasteiger partial charge in [0.2, 0.25) is 0 Å². The second-order valence-corrected chi connectivity index (χ2v) is 2.93. The molecule has 0 aliphatic heterocycles. The van der Waals surface area contributed by atoms with Gasteiger partial charge in [-0.3, -0.25) is 0 Å². The highest BCUT2D eigenvalue weighted by molar-refractivity contribution is 4.96. The number of hydrogen-bond acceptors (Lipinski definition) is 2. The first-order chi connectivity index (χ1) is 7.87. The van der Waals surface area contributed by atoms with Crippen molar-refractivity contribution in [1.82, 2.24) is 4.90 Å². The fourth-order valence-corrected chi connectivity index (χ4v) is 0.925. The Balaban J connectivity index is 6.28. The van der Waals surface area contributed by atoms with Gasteiger partial charge in [0.15, 0.2) is 0 Å².